The van der Waals surface area contributed by atoms with E-state index in [-0.39, 0.29) is 11.5 Å². The van der Waals surface area contributed by atoms with E-state index in [0.29, 0.717) is 12.0 Å². The third kappa shape index (κ3) is 2.80. The first kappa shape index (κ1) is 17.6. The number of nitrogens with zero attached hydrogens (tertiary/aromatic N) is 1. The molecule has 1 saturated carbocycles. The van der Waals surface area contributed by atoms with Gasteiger partial charge in [0.25, 0.3) is 0 Å². The van der Waals surface area contributed by atoms with Gasteiger partial charge in [0.05, 0.1) is 20.3 Å². The van der Waals surface area contributed by atoms with Crippen LogP contribution in [-0.4, -0.2) is 50.0 Å². The highest BCUT2D eigenvalue weighted by Gasteiger charge is 2.53. The molecule has 1 aliphatic heterocycles. The van der Waals surface area contributed by atoms with E-state index in [1.807, 2.05) is 6.07 Å². The van der Waals surface area contributed by atoms with E-state index in [4.69, 9.17) is 9.47 Å². The molecule has 2 aliphatic rings. The number of likely N-dealkylation sites (N-methyl/N-ethyl adjacent to an activating group) is 1. The third-order valence-electron chi connectivity index (χ3n) is 6.33. The number of ether oxygens (including phenoxy) is 2. The van der Waals surface area contributed by atoms with Crippen molar-refractivity contribution in [1.29, 1.82) is 0 Å². The molecule has 1 N–H and O–H groups in total. The fourth-order valence-corrected chi connectivity index (χ4v) is 5.05. The van der Waals surface area contributed by atoms with E-state index in [2.05, 4.69) is 31.0 Å². The number of rotatable bonds is 5. The van der Waals surface area contributed by atoms with Crippen molar-refractivity contribution in [3.63, 3.8) is 0 Å². The van der Waals surface area contributed by atoms with E-state index in [1.165, 1.54) is 5.56 Å². The molecule has 1 aliphatic carbocycles. The minimum Gasteiger partial charge on any atom is -0.493 e. The molecule has 2 fully saturated rings. The lowest BCUT2D eigenvalue weighted by atomic mass is 9.61. The molecule has 4 nitrogen and oxygen atoms in total. The van der Waals surface area contributed by atoms with Crippen molar-refractivity contribution in [2.75, 3.05) is 27.8 Å². The van der Waals surface area contributed by atoms with Crippen LogP contribution < -0.4 is 9.47 Å². The third-order valence-corrected chi connectivity index (χ3v) is 6.33. The lowest BCUT2D eigenvalue weighted by Gasteiger charge is -2.47. The largest absolute Gasteiger partial charge is 0.493 e. The summed E-state index contributed by atoms with van der Waals surface area (Å²) >= 11 is 0. The molecule has 134 valence electrons. The van der Waals surface area contributed by atoms with Gasteiger partial charge in [-0.05, 0) is 62.9 Å². The van der Waals surface area contributed by atoms with E-state index >= 15 is 0 Å². The Labute approximate surface area is 145 Å². The van der Waals surface area contributed by atoms with Crippen LogP contribution in [0.1, 0.15) is 44.6 Å². The van der Waals surface area contributed by atoms with Crippen LogP contribution in [0.5, 0.6) is 11.5 Å². The van der Waals surface area contributed by atoms with Crippen molar-refractivity contribution in [1.82, 2.24) is 4.90 Å². The summed E-state index contributed by atoms with van der Waals surface area (Å²) in [7, 11) is 5.57. The van der Waals surface area contributed by atoms with Crippen LogP contribution >= 0.6 is 0 Å². The van der Waals surface area contributed by atoms with Gasteiger partial charge in [-0.2, -0.15) is 0 Å². The predicted molar refractivity (Wildman–Crippen MR) is 95.9 cm³/mol. The number of fused-ring (bicyclic) bond motifs is 1. The Balaban J connectivity index is 2.01. The van der Waals surface area contributed by atoms with Crippen molar-refractivity contribution in [2.45, 2.75) is 56.6 Å². The Morgan fingerprint density at radius 1 is 1.25 bits per heavy atom. The van der Waals surface area contributed by atoms with E-state index in [1.54, 1.807) is 14.2 Å². The molecule has 0 amide bonds. The first-order valence-corrected chi connectivity index (χ1v) is 9.16. The SMILES string of the molecule is CCC[C@H]1C[C@@]2(c3ccc(OC)c(OC)c3)CCN(C)[C@H]2C[C@H]1O. The monoisotopic (exact) mass is 333 g/mol. The number of likely N-dealkylation sites (tertiary alicyclic amines) is 1. The van der Waals surface area contributed by atoms with Gasteiger partial charge in [0.15, 0.2) is 11.5 Å². The van der Waals surface area contributed by atoms with Crippen LogP contribution in [0.2, 0.25) is 0 Å². The molecule has 4 atom stereocenters. The second kappa shape index (κ2) is 6.93. The number of aliphatic hydroxyl groups is 1. The molecule has 1 saturated heterocycles. The predicted octanol–water partition coefficient (Wildman–Crippen LogP) is 3.22. The Morgan fingerprint density at radius 2 is 2.00 bits per heavy atom. The van der Waals surface area contributed by atoms with Gasteiger partial charge in [-0.1, -0.05) is 19.4 Å². The Kier molecular flexibility index (Phi) is 5.07. The maximum absolute atomic E-state index is 10.6. The van der Waals surface area contributed by atoms with Crippen LogP contribution in [0, 0.1) is 5.92 Å². The average Bonchev–Trinajstić information content (AvgIpc) is 2.92. The van der Waals surface area contributed by atoms with E-state index in [0.717, 1.165) is 50.1 Å². The zero-order valence-corrected chi connectivity index (χ0v) is 15.4. The first-order chi connectivity index (χ1) is 11.6. The van der Waals surface area contributed by atoms with Crippen molar-refractivity contribution >= 4 is 0 Å². The molecule has 1 aromatic rings. The minimum absolute atomic E-state index is 0.118. The minimum atomic E-state index is -0.177. The van der Waals surface area contributed by atoms with Gasteiger partial charge >= 0.3 is 0 Å². The van der Waals surface area contributed by atoms with Gasteiger partial charge < -0.3 is 19.5 Å². The number of hydrogen-bond acceptors (Lipinski definition) is 4. The van der Waals surface area contributed by atoms with Gasteiger partial charge in [0.2, 0.25) is 0 Å². The first-order valence-electron chi connectivity index (χ1n) is 9.16. The summed E-state index contributed by atoms with van der Waals surface area (Å²) in [5.41, 5.74) is 1.45. The molecular weight excluding hydrogens is 302 g/mol. The molecular formula is C20H31NO3. The van der Waals surface area contributed by atoms with Gasteiger partial charge in [0, 0.05) is 11.5 Å². The Bertz CT molecular complexity index is 576. The summed E-state index contributed by atoms with van der Waals surface area (Å²) in [6, 6.07) is 6.79. The zero-order valence-electron chi connectivity index (χ0n) is 15.4. The molecule has 0 spiro atoms. The number of benzene rings is 1. The summed E-state index contributed by atoms with van der Waals surface area (Å²) in [6.07, 6.45) is 5.14. The Hall–Kier alpha value is -1.26. The van der Waals surface area contributed by atoms with Crippen LogP contribution in [0.25, 0.3) is 0 Å². The van der Waals surface area contributed by atoms with E-state index in [9.17, 15) is 5.11 Å². The molecule has 24 heavy (non-hydrogen) atoms. The Morgan fingerprint density at radius 3 is 2.67 bits per heavy atom. The average molecular weight is 333 g/mol. The highest BCUT2D eigenvalue weighted by Crippen LogP contribution is 2.52. The molecule has 0 unspecified atom stereocenters. The van der Waals surface area contributed by atoms with Crippen molar-refractivity contribution in [2.24, 2.45) is 5.92 Å². The quantitative estimate of drug-likeness (QED) is 0.898. The lowest BCUT2D eigenvalue weighted by molar-refractivity contribution is 0.00358. The smallest absolute Gasteiger partial charge is 0.161 e. The molecule has 0 bridgehead atoms. The molecule has 1 heterocycles. The van der Waals surface area contributed by atoms with Gasteiger partial charge in [-0.25, -0.2) is 0 Å². The number of aliphatic hydroxyl groups excluding tert-OH is 1. The summed E-state index contributed by atoms with van der Waals surface area (Å²) in [5.74, 6) is 1.98. The standard InChI is InChI=1S/C20H31NO3/c1-5-6-14-13-20(9-10-21(2)19(20)12-16(14)22)15-7-8-17(23-3)18(11-15)24-4/h7-8,11,14,16,19,22H,5-6,9-10,12-13H2,1-4H3/t14-,16+,19-,20+/m0/s1. The second-order valence-electron chi connectivity index (χ2n) is 7.53. The van der Waals surface area contributed by atoms with Gasteiger partial charge in [-0.3, -0.25) is 0 Å². The maximum atomic E-state index is 10.6. The van der Waals surface area contributed by atoms with Crippen LogP contribution in [0.15, 0.2) is 18.2 Å². The second-order valence-corrected chi connectivity index (χ2v) is 7.53. The fraction of sp³-hybridized carbons (Fsp3) is 0.700. The number of hydrogen-bond donors (Lipinski definition) is 1. The maximum Gasteiger partial charge on any atom is 0.161 e. The highest BCUT2D eigenvalue weighted by atomic mass is 16.5. The van der Waals surface area contributed by atoms with Crippen LogP contribution in [0.4, 0.5) is 0 Å². The summed E-state index contributed by atoms with van der Waals surface area (Å²) in [5, 5.41) is 10.6. The summed E-state index contributed by atoms with van der Waals surface area (Å²) in [6.45, 7) is 3.30. The fourth-order valence-electron chi connectivity index (χ4n) is 5.05. The molecule has 4 heteroatoms. The zero-order chi connectivity index (χ0) is 17.3. The van der Waals surface area contributed by atoms with Crippen molar-refractivity contribution in [3.05, 3.63) is 23.8 Å². The number of methoxy groups -OCH3 is 2. The molecule has 0 radical (unpaired) electrons. The highest BCUT2D eigenvalue weighted by molar-refractivity contribution is 5.46. The van der Waals surface area contributed by atoms with Gasteiger partial charge in [0.1, 0.15) is 0 Å². The summed E-state index contributed by atoms with van der Waals surface area (Å²) in [4.78, 5) is 2.43. The van der Waals surface area contributed by atoms with Gasteiger partial charge in [-0.15, -0.1) is 0 Å². The topological polar surface area (TPSA) is 41.9 Å². The van der Waals surface area contributed by atoms with Crippen molar-refractivity contribution < 1.29 is 14.6 Å². The molecule has 0 aromatic heterocycles. The summed E-state index contributed by atoms with van der Waals surface area (Å²) < 4.78 is 11.0. The molecule has 3 rings (SSSR count). The normalized spacial score (nSPS) is 33.3. The van der Waals surface area contributed by atoms with Crippen LogP contribution in [0.3, 0.4) is 0 Å². The molecule has 1 aromatic carbocycles. The van der Waals surface area contributed by atoms with E-state index < -0.39 is 0 Å². The lowest BCUT2D eigenvalue weighted by Crippen LogP contribution is -2.51. The van der Waals surface area contributed by atoms with Crippen molar-refractivity contribution in [3.8, 4) is 11.5 Å². The van der Waals surface area contributed by atoms with Crippen LogP contribution in [-0.2, 0) is 5.41 Å².